The maximum absolute atomic E-state index is 11.5. The molecular formula is C16H17N3OS. The summed E-state index contributed by atoms with van der Waals surface area (Å²) in [6, 6.07) is 7.99. The van der Waals surface area contributed by atoms with Gasteiger partial charge in [0.25, 0.3) is 0 Å². The van der Waals surface area contributed by atoms with Crippen LogP contribution in [0.4, 0.5) is 11.4 Å². The average molecular weight is 299 g/mol. The summed E-state index contributed by atoms with van der Waals surface area (Å²) in [6.07, 6.45) is 1.27. The van der Waals surface area contributed by atoms with Gasteiger partial charge in [-0.05, 0) is 55.7 Å². The van der Waals surface area contributed by atoms with Crippen LogP contribution in [0.3, 0.4) is 0 Å². The molecule has 1 aliphatic heterocycles. The van der Waals surface area contributed by atoms with Gasteiger partial charge in [-0.2, -0.15) is 0 Å². The molecule has 0 bridgehead atoms. The number of nitrogen functional groups attached to an aromatic ring is 1. The van der Waals surface area contributed by atoms with E-state index in [0.29, 0.717) is 6.42 Å². The van der Waals surface area contributed by atoms with Crippen LogP contribution in [0.5, 0.6) is 0 Å². The first-order valence-corrected chi connectivity index (χ1v) is 7.68. The molecule has 0 saturated heterocycles. The van der Waals surface area contributed by atoms with Gasteiger partial charge in [0.1, 0.15) is 5.03 Å². The topological polar surface area (TPSA) is 68.0 Å². The third-order valence-electron chi connectivity index (χ3n) is 3.42. The van der Waals surface area contributed by atoms with E-state index in [0.717, 1.165) is 39.0 Å². The van der Waals surface area contributed by atoms with E-state index >= 15 is 0 Å². The summed E-state index contributed by atoms with van der Waals surface area (Å²) in [6.45, 7) is 4.03. The Morgan fingerprint density at radius 3 is 2.76 bits per heavy atom. The molecule has 21 heavy (non-hydrogen) atoms. The van der Waals surface area contributed by atoms with E-state index in [1.54, 1.807) is 0 Å². The van der Waals surface area contributed by atoms with Gasteiger partial charge in [-0.1, -0.05) is 11.8 Å². The number of nitrogens with one attached hydrogen (secondary N) is 1. The third-order valence-corrected chi connectivity index (χ3v) is 4.41. The molecule has 0 atom stereocenters. The van der Waals surface area contributed by atoms with Crippen molar-refractivity contribution in [1.29, 1.82) is 0 Å². The van der Waals surface area contributed by atoms with Gasteiger partial charge in [0.05, 0.1) is 0 Å². The van der Waals surface area contributed by atoms with Crippen LogP contribution in [-0.2, 0) is 11.2 Å². The molecule has 1 aromatic carbocycles. The Hall–Kier alpha value is -2.01. The number of benzene rings is 1. The number of rotatable bonds is 2. The minimum Gasteiger partial charge on any atom is -0.398 e. The molecule has 2 heterocycles. The molecule has 1 amide bonds. The van der Waals surface area contributed by atoms with Gasteiger partial charge >= 0.3 is 0 Å². The van der Waals surface area contributed by atoms with Gasteiger partial charge in [0.2, 0.25) is 5.91 Å². The number of carbonyl (C=O) groups is 1. The number of carbonyl (C=O) groups excluding carboxylic acids is 1. The molecular weight excluding hydrogens is 282 g/mol. The Bertz CT molecular complexity index is 707. The van der Waals surface area contributed by atoms with E-state index in [-0.39, 0.29) is 5.91 Å². The van der Waals surface area contributed by atoms with Crippen LogP contribution in [0.2, 0.25) is 0 Å². The number of nitrogens with zero attached hydrogens (tertiary/aromatic N) is 1. The van der Waals surface area contributed by atoms with Crippen LogP contribution in [0.1, 0.15) is 23.2 Å². The molecule has 1 aromatic heterocycles. The highest BCUT2D eigenvalue weighted by atomic mass is 32.2. The predicted molar refractivity (Wildman–Crippen MR) is 85.6 cm³/mol. The molecule has 0 spiro atoms. The molecule has 3 rings (SSSR count). The standard InChI is InChI=1S/C16H17N3OS/c1-9-5-10(2)18-16(6-9)21-14-8-13-11(7-12(14)17)3-4-15(20)19-13/h5-8H,3-4,17H2,1-2H3,(H,19,20). The van der Waals surface area contributed by atoms with Crippen LogP contribution in [0, 0.1) is 13.8 Å². The van der Waals surface area contributed by atoms with Gasteiger partial charge in [-0.3, -0.25) is 4.79 Å². The van der Waals surface area contributed by atoms with Crippen molar-refractivity contribution < 1.29 is 4.79 Å². The monoisotopic (exact) mass is 299 g/mol. The van der Waals surface area contributed by atoms with E-state index in [9.17, 15) is 4.79 Å². The number of fused-ring (bicyclic) bond motifs is 1. The van der Waals surface area contributed by atoms with Crippen LogP contribution >= 0.6 is 11.8 Å². The summed E-state index contributed by atoms with van der Waals surface area (Å²) < 4.78 is 0. The molecule has 3 N–H and O–H groups in total. The van der Waals surface area contributed by atoms with E-state index in [1.807, 2.05) is 31.2 Å². The lowest BCUT2D eigenvalue weighted by Gasteiger charge is -2.19. The molecule has 5 heteroatoms. The number of pyridine rings is 1. The van der Waals surface area contributed by atoms with Gasteiger partial charge in [0.15, 0.2) is 0 Å². The van der Waals surface area contributed by atoms with Crippen LogP contribution in [-0.4, -0.2) is 10.9 Å². The second-order valence-corrected chi connectivity index (χ2v) is 6.38. The normalized spacial score (nSPS) is 13.7. The highest BCUT2D eigenvalue weighted by Crippen LogP contribution is 2.36. The second-order valence-electron chi connectivity index (χ2n) is 5.32. The largest absolute Gasteiger partial charge is 0.398 e. The van der Waals surface area contributed by atoms with E-state index in [1.165, 1.54) is 17.3 Å². The maximum Gasteiger partial charge on any atom is 0.224 e. The van der Waals surface area contributed by atoms with Crippen LogP contribution < -0.4 is 11.1 Å². The first-order valence-electron chi connectivity index (χ1n) is 6.86. The lowest BCUT2D eigenvalue weighted by atomic mass is 10.0. The fourth-order valence-electron chi connectivity index (χ4n) is 2.49. The zero-order valence-corrected chi connectivity index (χ0v) is 12.9. The maximum atomic E-state index is 11.5. The van der Waals surface area contributed by atoms with Gasteiger partial charge < -0.3 is 11.1 Å². The van der Waals surface area contributed by atoms with Gasteiger partial charge in [0, 0.05) is 28.4 Å². The van der Waals surface area contributed by atoms with Crippen molar-refractivity contribution in [2.75, 3.05) is 11.1 Å². The molecule has 4 nitrogen and oxygen atoms in total. The zero-order valence-electron chi connectivity index (χ0n) is 12.1. The SMILES string of the molecule is Cc1cc(C)nc(Sc2cc3c(cc2N)CCC(=O)N3)c1. The number of hydrogen-bond donors (Lipinski definition) is 2. The number of aryl methyl sites for hydroxylation is 3. The highest BCUT2D eigenvalue weighted by molar-refractivity contribution is 7.99. The molecule has 0 unspecified atom stereocenters. The summed E-state index contributed by atoms with van der Waals surface area (Å²) in [5.41, 5.74) is 11.0. The molecule has 0 radical (unpaired) electrons. The Morgan fingerprint density at radius 1 is 1.19 bits per heavy atom. The van der Waals surface area contributed by atoms with Gasteiger partial charge in [-0.25, -0.2) is 4.98 Å². The second kappa shape index (κ2) is 5.41. The number of amides is 1. The van der Waals surface area contributed by atoms with Crippen LogP contribution in [0.15, 0.2) is 34.2 Å². The fraction of sp³-hybridized carbons (Fsp3) is 0.250. The van der Waals surface area contributed by atoms with Crippen molar-refractivity contribution in [3.05, 3.63) is 41.1 Å². The van der Waals surface area contributed by atoms with Crippen molar-refractivity contribution in [2.24, 2.45) is 0 Å². The number of hydrogen-bond acceptors (Lipinski definition) is 4. The number of aromatic nitrogens is 1. The summed E-state index contributed by atoms with van der Waals surface area (Å²) in [5.74, 6) is 0.0627. The Labute approximate surface area is 128 Å². The lowest BCUT2D eigenvalue weighted by Crippen LogP contribution is -2.19. The van der Waals surface area contributed by atoms with Crippen molar-refractivity contribution in [2.45, 2.75) is 36.6 Å². The molecule has 1 aliphatic rings. The molecule has 2 aromatic rings. The van der Waals surface area contributed by atoms with Crippen LogP contribution in [0.25, 0.3) is 0 Å². The Morgan fingerprint density at radius 2 is 2.00 bits per heavy atom. The Kier molecular flexibility index (Phi) is 3.59. The smallest absolute Gasteiger partial charge is 0.224 e. The molecule has 0 fully saturated rings. The highest BCUT2D eigenvalue weighted by Gasteiger charge is 2.17. The fourth-order valence-corrected chi connectivity index (χ4v) is 3.50. The average Bonchev–Trinajstić information content (AvgIpc) is 2.39. The van der Waals surface area contributed by atoms with Gasteiger partial charge in [-0.15, -0.1) is 0 Å². The summed E-state index contributed by atoms with van der Waals surface area (Å²) in [7, 11) is 0. The number of nitrogens with two attached hydrogens (primary N) is 1. The molecule has 0 aliphatic carbocycles. The number of anilines is 2. The van der Waals surface area contributed by atoms with E-state index < -0.39 is 0 Å². The van der Waals surface area contributed by atoms with E-state index in [4.69, 9.17) is 5.73 Å². The third kappa shape index (κ3) is 3.03. The van der Waals surface area contributed by atoms with E-state index in [2.05, 4.69) is 17.2 Å². The summed E-state index contributed by atoms with van der Waals surface area (Å²) >= 11 is 1.53. The summed E-state index contributed by atoms with van der Waals surface area (Å²) in [5, 5.41) is 3.83. The van der Waals surface area contributed by atoms with Crippen molar-refractivity contribution in [3.63, 3.8) is 0 Å². The minimum atomic E-state index is 0.0627. The summed E-state index contributed by atoms with van der Waals surface area (Å²) in [4.78, 5) is 17.0. The van der Waals surface area contributed by atoms with Crippen molar-refractivity contribution in [1.82, 2.24) is 4.98 Å². The van der Waals surface area contributed by atoms with Crippen molar-refractivity contribution in [3.8, 4) is 0 Å². The lowest BCUT2D eigenvalue weighted by molar-refractivity contribution is -0.116. The Balaban J connectivity index is 1.95. The zero-order chi connectivity index (χ0) is 15.0. The van der Waals surface area contributed by atoms with Crippen molar-refractivity contribution >= 4 is 29.0 Å². The molecule has 0 saturated carbocycles. The molecule has 108 valence electrons. The predicted octanol–water partition coefficient (Wildman–Crippen LogP) is 3.32. The quantitative estimate of drug-likeness (QED) is 0.835. The minimum absolute atomic E-state index is 0.0627. The first kappa shape index (κ1) is 13.9. The first-order chi connectivity index (χ1) is 10.0.